The normalized spacial score (nSPS) is 11.4. The first-order valence-electron chi connectivity index (χ1n) is 5.97. The summed E-state index contributed by atoms with van der Waals surface area (Å²) in [5.74, 6) is 5.97. The van der Waals surface area contributed by atoms with Gasteiger partial charge < -0.3 is 21.2 Å². The largest absolute Gasteiger partial charge is 0.494 e. The van der Waals surface area contributed by atoms with Gasteiger partial charge in [0.15, 0.2) is 5.70 Å². The molecule has 0 aliphatic rings. The summed E-state index contributed by atoms with van der Waals surface area (Å²) in [6.45, 7) is 1.57. The van der Waals surface area contributed by atoms with Crippen LogP contribution in [0.5, 0.6) is 5.75 Å². The lowest BCUT2D eigenvalue weighted by atomic mass is 10.1. The Labute approximate surface area is 113 Å². The molecule has 6 nitrogen and oxygen atoms in total. The SMILES string of the molecule is CNCCCOc1ccc(/C(N)=C(\C#N)NN)cc1. The zero-order valence-electron chi connectivity index (χ0n) is 10.9. The van der Waals surface area contributed by atoms with Crippen LogP contribution in [0, 0.1) is 11.3 Å². The van der Waals surface area contributed by atoms with Gasteiger partial charge in [0, 0.05) is 5.56 Å². The smallest absolute Gasteiger partial charge is 0.151 e. The van der Waals surface area contributed by atoms with Crippen molar-refractivity contribution in [3.05, 3.63) is 35.5 Å². The molecule has 6 N–H and O–H groups in total. The molecule has 0 aliphatic carbocycles. The summed E-state index contributed by atoms with van der Waals surface area (Å²) in [6, 6.07) is 9.10. The van der Waals surface area contributed by atoms with E-state index in [0.717, 1.165) is 24.3 Å². The van der Waals surface area contributed by atoms with E-state index >= 15 is 0 Å². The minimum Gasteiger partial charge on any atom is -0.494 e. The lowest BCUT2D eigenvalue weighted by Gasteiger charge is -2.08. The van der Waals surface area contributed by atoms with Crippen molar-refractivity contribution in [2.75, 3.05) is 20.2 Å². The molecule has 0 fully saturated rings. The summed E-state index contributed by atoms with van der Waals surface area (Å²) >= 11 is 0. The van der Waals surface area contributed by atoms with Gasteiger partial charge in [-0.05, 0) is 44.3 Å². The summed E-state index contributed by atoms with van der Waals surface area (Å²) in [7, 11) is 1.90. The standard InChI is InChI=1S/C13H19N5O/c1-17-7-2-8-19-11-5-3-10(4-6-11)13(15)12(9-14)18-16/h3-6,17-18H,2,7-8,15-16H2,1H3/b13-12-. The van der Waals surface area contributed by atoms with E-state index in [2.05, 4.69) is 10.7 Å². The molecule has 0 radical (unpaired) electrons. The first-order chi connectivity index (χ1) is 9.22. The van der Waals surface area contributed by atoms with Crippen LogP contribution >= 0.6 is 0 Å². The van der Waals surface area contributed by atoms with Crippen LogP contribution in [0.1, 0.15) is 12.0 Å². The number of allylic oxidation sites excluding steroid dienone is 1. The molecule has 0 saturated heterocycles. The van der Waals surface area contributed by atoms with Gasteiger partial charge in [0.2, 0.25) is 0 Å². The second-order valence-corrected chi connectivity index (χ2v) is 3.87. The Morgan fingerprint density at radius 3 is 2.58 bits per heavy atom. The molecule has 0 heterocycles. The number of hydrogen-bond donors (Lipinski definition) is 4. The quantitative estimate of drug-likeness (QED) is 0.243. The molecule has 0 saturated carbocycles. The number of nitrogens with zero attached hydrogens (tertiary/aromatic N) is 1. The Morgan fingerprint density at radius 1 is 1.37 bits per heavy atom. The number of nitriles is 1. The van der Waals surface area contributed by atoms with Crippen molar-refractivity contribution in [1.29, 1.82) is 5.26 Å². The average molecular weight is 261 g/mol. The molecule has 0 atom stereocenters. The molecule has 1 rings (SSSR count). The minimum atomic E-state index is 0.141. The van der Waals surface area contributed by atoms with Crippen molar-refractivity contribution in [3.8, 4) is 11.8 Å². The Hall–Kier alpha value is -2.23. The lowest BCUT2D eigenvalue weighted by molar-refractivity contribution is 0.310. The summed E-state index contributed by atoms with van der Waals surface area (Å²) < 4.78 is 5.55. The van der Waals surface area contributed by atoms with Crippen LogP contribution in [-0.4, -0.2) is 20.2 Å². The third-order valence-corrected chi connectivity index (χ3v) is 2.53. The van der Waals surface area contributed by atoms with E-state index in [1.54, 1.807) is 12.1 Å². The molecule has 1 aromatic carbocycles. The average Bonchev–Trinajstić information content (AvgIpc) is 2.45. The van der Waals surface area contributed by atoms with Crippen LogP contribution in [-0.2, 0) is 0 Å². The highest BCUT2D eigenvalue weighted by atomic mass is 16.5. The number of nitrogens with two attached hydrogens (primary N) is 2. The highest BCUT2D eigenvalue weighted by molar-refractivity contribution is 5.68. The number of hydrazine groups is 1. The Kier molecular flexibility index (Phi) is 6.22. The van der Waals surface area contributed by atoms with Crippen molar-refractivity contribution in [2.45, 2.75) is 6.42 Å². The summed E-state index contributed by atoms with van der Waals surface area (Å²) in [5, 5.41) is 11.9. The van der Waals surface area contributed by atoms with Gasteiger partial charge in [-0.2, -0.15) is 5.26 Å². The second kappa shape index (κ2) is 7.97. The zero-order chi connectivity index (χ0) is 14.1. The molecule has 0 spiro atoms. The molecule has 19 heavy (non-hydrogen) atoms. The van der Waals surface area contributed by atoms with Crippen molar-refractivity contribution < 1.29 is 4.74 Å². The van der Waals surface area contributed by atoms with Crippen molar-refractivity contribution >= 4 is 5.70 Å². The van der Waals surface area contributed by atoms with Crippen LogP contribution in [0.3, 0.4) is 0 Å². The summed E-state index contributed by atoms with van der Waals surface area (Å²) in [6.07, 6.45) is 0.940. The van der Waals surface area contributed by atoms with Gasteiger partial charge >= 0.3 is 0 Å². The van der Waals surface area contributed by atoms with Gasteiger partial charge in [0.1, 0.15) is 11.8 Å². The number of rotatable bonds is 7. The number of hydrogen-bond acceptors (Lipinski definition) is 6. The van der Waals surface area contributed by atoms with Crippen molar-refractivity contribution in [1.82, 2.24) is 10.7 Å². The van der Waals surface area contributed by atoms with E-state index in [-0.39, 0.29) is 5.70 Å². The molecule has 0 aromatic heterocycles. The highest BCUT2D eigenvalue weighted by Gasteiger charge is 2.04. The van der Waals surface area contributed by atoms with Crippen LogP contribution in [0.2, 0.25) is 0 Å². The number of ether oxygens (including phenoxy) is 1. The number of benzene rings is 1. The third kappa shape index (κ3) is 4.50. The van der Waals surface area contributed by atoms with Crippen molar-refractivity contribution in [3.63, 3.8) is 0 Å². The number of nitrogens with one attached hydrogen (secondary N) is 2. The maximum Gasteiger partial charge on any atom is 0.151 e. The maximum absolute atomic E-state index is 8.82. The minimum absolute atomic E-state index is 0.141. The topological polar surface area (TPSA) is 109 Å². The van der Waals surface area contributed by atoms with Crippen LogP contribution in [0.25, 0.3) is 5.70 Å². The maximum atomic E-state index is 8.82. The fourth-order valence-electron chi connectivity index (χ4n) is 1.48. The van der Waals surface area contributed by atoms with E-state index in [4.69, 9.17) is 21.6 Å². The van der Waals surface area contributed by atoms with Gasteiger partial charge in [0.25, 0.3) is 0 Å². The monoisotopic (exact) mass is 261 g/mol. The molecule has 1 aromatic rings. The van der Waals surface area contributed by atoms with Gasteiger partial charge in [-0.3, -0.25) is 0 Å². The van der Waals surface area contributed by atoms with Crippen LogP contribution < -0.4 is 27.1 Å². The van der Waals surface area contributed by atoms with Crippen LogP contribution in [0.15, 0.2) is 30.0 Å². The van der Waals surface area contributed by atoms with E-state index in [1.165, 1.54) is 0 Å². The Morgan fingerprint density at radius 2 is 2.05 bits per heavy atom. The molecular formula is C13H19N5O. The Bertz CT molecular complexity index is 461. The molecular weight excluding hydrogens is 242 g/mol. The van der Waals surface area contributed by atoms with Crippen molar-refractivity contribution in [2.24, 2.45) is 11.6 Å². The highest BCUT2D eigenvalue weighted by Crippen LogP contribution is 2.17. The van der Waals surface area contributed by atoms with E-state index < -0.39 is 0 Å². The first kappa shape index (κ1) is 14.8. The summed E-state index contributed by atoms with van der Waals surface area (Å²) in [5.41, 5.74) is 9.26. The van der Waals surface area contributed by atoms with Gasteiger partial charge in [0.05, 0.1) is 12.3 Å². The molecule has 0 amide bonds. The first-order valence-corrected chi connectivity index (χ1v) is 5.97. The van der Waals surface area contributed by atoms with E-state index in [1.807, 2.05) is 25.2 Å². The molecule has 0 bridgehead atoms. The predicted molar refractivity (Wildman–Crippen MR) is 74.5 cm³/mol. The molecule has 0 aliphatic heterocycles. The lowest BCUT2D eigenvalue weighted by Crippen LogP contribution is -2.23. The molecule has 102 valence electrons. The summed E-state index contributed by atoms with van der Waals surface area (Å²) in [4.78, 5) is 0. The van der Waals surface area contributed by atoms with Gasteiger partial charge in [-0.25, -0.2) is 5.84 Å². The third-order valence-electron chi connectivity index (χ3n) is 2.53. The zero-order valence-corrected chi connectivity index (χ0v) is 10.9. The molecule has 6 heteroatoms. The second-order valence-electron chi connectivity index (χ2n) is 3.87. The predicted octanol–water partition coefficient (Wildman–Crippen LogP) is 0.289. The molecule has 0 unspecified atom stereocenters. The van der Waals surface area contributed by atoms with Gasteiger partial charge in [-0.15, -0.1) is 0 Å². The van der Waals surface area contributed by atoms with E-state index in [0.29, 0.717) is 12.3 Å². The fraction of sp³-hybridized carbons (Fsp3) is 0.308. The van der Waals surface area contributed by atoms with E-state index in [9.17, 15) is 0 Å². The van der Waals surface area contributed by atoms with Crippen LogP contribution in [0.4, 0.5) is 0 Å². The fourth-order valence-corrected chi connectivity index (χ4v) is 1.48. The Balaban J connectivity index is 2.66. The van der Waals surface area contributed by atoms with Gasteiger partial charge in [-0.1, -0.05) is 0 Å².